The van der Waals surface area contributed by atoms with Crippen LogP contribution >= 0.6 is 0 Å². The van der Waals surface area contributed by atoms with E-state index in [2.05, 4.69) is 11.6 Å². The summed E-state index contributed by atoms with van der Waals surface area (Å²) in [5.41, 5.74) is 0.332. The molecule has 0 amide bonds. The topological polar surface area (TPSA) is 102 Å². The molecule has 1 N–H and O–H groups in total. The van der Waals surface area contributed by atoms with Crippen molar-refractivity contribution in [1.29, 1.82) is 0 Å². The number of nitrogens with one attached hydrogen (secondary N) is 1. The van der Waals surface area contributed by atoms with E-state index in [-0.39, 0.29) is 28.8 Å². The fraction of sp³-hybridized carbons (Fsp3) is 0.700. The summed E-state index contributed by atoms with van der Waals surface area (Å²) in [6.07, 6.45) is 6.62. The lowest BCUT2D eigenvalue weighted by molar-refractivity contribution is -0.384. The van der Waals surface area contributed by atoms with Crippen molar-refractivity contribution in [1.82, 2.24) is 4.72 Å². The van der Waals surface area contributed by atoms with Gasteiger partial charge in [0.25, 0.3) is 5.69 Å². The number of fused-ring (bicyclic) bond motifs is 1. The molecule has 29 heavy (non-hydrogen) atoms. The van der Waals surface area contributed by atoms with Crippen LogP contribution in [-0.4, -0.2) is 44.7 Å². The van der Waals surface area contributed by atoms with Gasteiger partial charge in [0.15, 0.2) is 0 Å². The van der Waals surface area contributed by atoms with Gasteiger partial charge in [0, 0.05) is 18.7 Å². The SMILES string of the molecule is CC1CCC(NS(=O)(=O)c2ccc(N3CCO[C@H]4CCC[C@@H]43)c([N+](=O)[O-])c2)CC1. The second kappa shape index (κ2) is 8.20. The molecule has 1 saturated heterocycles. The van der Waals surface area contributed by atoms with Gasteiger partial charge < -0.3 is 9.64 Å². The van der Waals surface area contributed by atoms with Crippen LogP contribution in [0, 0.1) is 16.0 Å². The number of sulfonamides is 1. The van der Waals surface area contributed by atoms with E-state index in [1.54, 1.807) is 6.07 Å². The van der Waals surface area contributed by atoms with Gasteiger partial charge in [0.1, 0.15) is 5.69 Å². The van der Waals surface area contributed by atoms with Gasteiger partial charge in [0.05, 0.1) is 28.6 Å². The summed E-state index contributed by atoms with van der Waals surface area (Å²) in [7, 11) is -3.80. The first kappa shape index (κ1) is 20.6. The Balaban J connectivity index is 1.59. The number of nitro benzene ring substituents is 1. The van der Waals surface area contributed by atoms with E-state index in [0.717, 1.165) is 44.9 Å². The van der Waals surface area contributed by atoms with Crippen molar-refractivity contribution in [2.45, 2.75) is 75.0 Å². The van der Waals surface area contributed by atoms with Crippen molar-refractivity contribution in [2.75, 3.05) is 18.1 Å². The zero-order chi connectivity index (χ0) is 20.6. The first-order valence-electron chi connectivity index (χ1n) is 10.5. The highest BCUT2D eigenvalue weighted by Crippen LogP contribution is 2.38. The summed E-state index contributed by atoms with van der Waals surface area (Å²) in [6, 6.07) is 4.31. The van der Waals surface area contributed by atoms with Gasteiger partial charge in [-0.3, -0.25) is 10.1 Å². The maximum absolute atomic E-state index is 12.9. The number of hydrogen-bond acceptors (Lipinski definition) is 6. The lowest BCUT2D eigenvalue weighted by Crippen LogP contribution is -2.48. The maximum Gasteiger partial charge on any atom is 0.293 e. The van der Waals surface area contributed by atoms with Crippen LogP contribution in [0.15, 0.2) is 23.1 Å². The Morgan fingerprint density at radius 3 is 2.66 bits per heavy atom. The molecule has 0 unspecified atom stereocenters. The minimum Gasteiger partial charge on any atom is -0.374 e. The molecule has 1 heterocycles. The highest BCUT2D eigenvalue weighted by molar-refractivity contribution is 7.89. The summed E-state index contributed by atoms with van der Waals surface area (Å²) in [5.74, 6) is 0.615. The molecule has 2 atom stereocenters. The molecule has 3 aliphatic rings. The van der Waals surface area contributed by atoms with E-state index >= 15 is 0 Å². The second-order valence-corrected chi connectivity index (χ2v) is 10.3. The van der Waals surface area contributed by atoms with Crippen molar-refractivity contribution in [2.24, 2.45) is 5.92 Å². The minimum atomic E-state index is -3.80. The molecule has 1 aromatic carbocycles. The molecule has 0 spiro atoms. The Morgan fingerprint density at radius 2 is 1.93 bits per heavy atom. The highest BCUT2D eigenvalue weighted by Gasteiger charge is 2.38. The van der Waals surface area contributed by atoms with E-state index in [4.69, 9.17) is 4.74 Å². The largest absolute Gasteiger partial charge is 0.374 e. The van der Waals surface area contributed by atoms with Gasteiger partial charge in [-0.1, -0.05) is 6.92 Å². The van der Waals surface area contributed by atoms with Crippen LogP contribution in [0.1, 0.15) is 51.9 Å². The van der Waals surface area contributed by atoms with Crippen molar-refractivity contribution in [3.63, 3.8) is 0 Å². The normalized spacial score (nSPS) is 30.2. The summed E-state index contributed by atoms with van der Waals surface area (Å²) in [6.45, 7) is 3.28. The smallest absolute Gasteiger partial charge is 0.293 e. The van der Waals surface area contributed by atoms with E-state index in [9.17, 15) is 18.5 Å². The van der Waals surface area contributed by atoms with Crippen molar-refractivity contribution < 1.29 is 18.1 Å². The average molecular weight is 424 g/mol. The lowest BCUT2D eigenvalue weighted by atomic mass is 9.88. The van der Waals surface area contributed by atoms with Crippen LogP contribution in [0.3, 0.4) is 0 Å². The van der Waals surface area contributed by atoms with Crippen molar-refractivity contribution >= 4 is 21.4 Å². The van der Waals surface area contributed by atoms with E-state index in [1.807, 2.05) is 4.90 Å². The number of nitro groups is 1. The van der Waals surface area contributed by atoms with E-state index in [1.165, 1.54) is 12.1 Å². The number of rotatable bonds is 5. The number of morpholine rings is 1. The Bertz CT molecular complexity index is 867. The van der Waals surface area contributed by atoms with Crippen LogP contribution < -0.4 is 9.62 Å². The molecule has 3 fully saturated rings. The minimum absolute atomic E-state index is 0.0391. The second-order valence-electron chi connectivity index (χ2n) is 8.59. The molecule has 0 radical (unpaired) electrons. The molecular formula is C20H29N3O5S. The fourth-order valence-corrected chi connectivity index (χ4v) is 6.27. The van der Waals surface area contributed by atoms with Crippen LogP contribution in [0.5, 0.6) is 0 Å². The molecule has 9 heteroatoms. The van der Waals surface area contributed by atoms with Crippen molar-refractivity contribution in [3.8, 4) is 0 Å². The van der Waals surface area contributed by atoms with Gasteiger partial charge in [-0.2, -0.15) is 0 Å². The van der Waals surface area contributed by atoms with Crippen LogP contribution in [0.2, 0.25) is 0 Å². The zero-order valence-corrected chi connectivity index (χ0v) is 17.6. The van der Waals surface area contributed by atoms with Gasteiger partial charge in [-0.05, 0) is 63.0 Å². The Morgan fingerprint density at radius 1 is 1.17 bits per heavy atom. The van der Waals surface area contributed by atoms with Crippen LogP contribution in [-0.2, 0) is 14.8 Å². The molecule has 2 saturated carbocycles. The Labute approximate surface area is 171 Å². The van der Waals surface area contributed by atoms with E-state index < -0.39 is 14.9 Å². The van der Waals surface area contributed by atoms with Crippen LogP contribution in [0.25, 0.3) is 0 Å². The lowest BCUT2D eigenvalue weighted by Gasteiger charge is -2.39. The monoisotopic (exact) mass is 423 g/mol. The molecular weight excluding hydrogens is 394 g/mol. The molecule has 8 nitrogen and oxygen atoms in total. The number of hydrogen-bond donors (Lipinski definition) is 1. The first-order chi connectivity index (χ1) is 13.8. The number of ether oxygens (including phenoxy) is 1. The number of anilines is 1. The van der Waals surface area contributed by atoms with Gasteiger partial charge in [-0.25, -0.2) is 13.1 Å². The van der Waals surface area contributed by atoms with Gasteiger partial charge in [0.2, 0.25) is 10.0 Å². The molecule has 1 aromatic rings. The van der Waals surface area contributed by atoms with Crippen molar-refractivity contribution in [3.05, 3.63) is 28.3 Å². The average Bonchev–Trinajstić information content (AvgIpc) is 3.18. The Hall–Kier alpha value is -1.71. The van der Waals surface area contributed by atoms with Crippen LogP contribution in [0.4, 0.5) is 11.4 Å². The summed E-state index contributed by atoms with van der Waals surface area (Å²) < 4.78 is 34.3. The maximum atomic E-state index is 12.9. The quantitative estimate of drug-likeness (QED) is 0.576. The third kappa shape index (κ3) is 4.27. The predicted molar refractivity (Wildman–Crippen MR) is 110 cm³/mol. The highest BCUT2D eigenvalue weighted by atomic mass is 32.2. The summed E-state index contributed by atoms with van der Waals surface area (Å²) >= 11 is 0. The van der Waals surface area contributed by atoms with Gasteiger partial charge in [-0.15, -0.1) is 0 Å². The first-order valence-corrected chi connectivity index (χ1v) is 12.0. The molecule has 1 aliphatic heterocycles. The molecule has 4 rings (SSSR count). The van der Waals surface area contributed by atoms with E-state index in [0.29, 0.717) is 24.8 Å². The third-order valence-corrected chi connectivity index (χ3v) is 8.10. The van der Waals surface area contributed by atoms with Gasteiger partial charge >= 0.3 is 0 Å². The number of nitrogens with zero attached hydrogens (tertiary/aromatic N) is 2. The molecule has 160 valence electrons. The standard InChI is InChI=1S/C20H29N3O5S/c1-14-5-7-15(8-6-14)21-29(26,27)16-9-10-17(19(13-16)23(24)25)22-11-12-28-20-4-2-3-18(20)22/h9-10,13-15,18,20-21H,2-8,11-12H2,1H3/t14?,15?,18-,20-/m0/s1. The zero-order valence-electron chi connectivity index (χ0n) is 16.7. The molecule has 0 aromatic heterocycles. The number of benzene rings is 1. The predicted octanol–water partition coefficient (Wildman–Crippen LogP) is 3.21. The summed E-state index contributed by atoms with van der Waals surface area (Å²) in [5, 5.41) is 11.8. The molecule has 2 aliphatic carbocycles. The molecule has 0 bridgehead atoms. The third-order valence-electron chi connectivity index (χ3n) is 6.58. The fourth-order valence-electron chi connectivity index (χ4n) is 4.95. The Kier molecular flexibility index (Phi) is 5.81. The summed E-state index contributed by atoms with van der Waals surface area (Å²) in [4.78, 5) is 13.3.